The van der Waals surface area contributed by atoms with Gasteiger partial charge in [0.15, 0.2) is 0 Å². The van der Waals surface area contributed by atoms with E-state index in [0.29, 0.717) is 34.3 Å². The van der Waals surface area contributed by atoms with Crippen LogP contribution in [0.3, 0.4) is 0 Å². The molecule has 0 saturated heterocycles. The van der Waals surface area contributed by atoms with E-state index in [1.807, 2.05) is 60.7 Å². The Labute approximate surface area is 303 Å². The first-order chi connectivity index (χ1) is 24.9. The topological polar surface area (TPSA) is 83.4 Å². The smallest absolute Gasteiger partial charge is 0.350 e. The predicted molar refractivity (Wildman–Crippen MR) is 197 cm³/mol. The maximum absolute atomic E-state index is 13.7. The van der Waals surface area contributed by atoms with Crippen molar-refractivity contribution in [3.8, 4) is 11.1 Å². The monoisotopic (exact) mass is 722 g/mol. The standard InChI is InChI=1S/C41H34ClF3N4O3/c1-48(25-26-11-5-3-6-12-26)40(52)34(27-13-7-4-8-14-27)24-46-39(51)37-36(42)33-23-30(21-22-35(33)49(37)2)47-38(50)32-16-10-9-15-31(32)28-17-19-29(20-18-28)41(43,44)45/h3-23,34H,24-25H2,1-2H3,(H,46,51)(H,47,50). The third-order valence-corrected chi connectivity index (χ3v) is 9.29. The molecule has 5 aromatic carbocycles. The summed E-state index contributed by atoms with van der Waals surface area (Å²) >= 11 is 6.82. The number of rotatable bonds is 10. The van der Waals surface area contributed by atoms with Crippen molar-refractivity contribution in [3.63, 3.8) is 0 Å². The van der Waals surface area contributed by atoms with E-state index >= 15 is 0 Å². The van der Waals surface area contributed by atoms with Crippen LogP contribution in [0.2, 0.25) is 5.02 Å². The lowest BCUT2D eigenvalue weighted by atomic mass is 9.97. The zero-order valence-corrected chi connectivity index (χ0v) is 29.0. The molecule has 6 rings (SSSR count). The number of amides is 3. The molecule has 0 bridgehead atoms. The van der Waals surface area contributed by atoms with Gasteiger partial charge in [0.2, 0.25) is 5.91 Å². The normalized spacial score (nSPS) is 12.0. The van der Waals surface area contributed by atoms with Gasteiger partial charge in [0.25, 0.3) is 11.8 Å². The Balaban J connectivity index is 1.20. The van der Waals surface area contributed by atoms with Crippen LogP contribution in [-0.4, -0.2) is 40.8 Å². The second-order valence-electron chi connectivity index (χ2n) is 12.4. The number of alkyl halides is 3. The third kappa shape index (κ3) is 7.72. The molecule has 7 nitrogen and oxygen atoms in total. The van der Waals surface area contributed by atoms with Crippen LogP contribution in [0.1, 0.15) is 43.5 Å². The number of carbonyl (C=O) groups excluding carboxylic acids is 3. The number of aromatic nitrogens is 1. The minimum absolute atomic E-state index is 0.0261. The number of halogens is 4. The van der Waals surface area contributed by atoms with Gasteiger partial charge >= 0.3 is 6.18 Å². The van der Waals surface area contributed by atoms with Gasteiger partial charge in [-0.15, -0.1) is 0 Å². The maximum atomic E-state index is 13.7. The number of hydrogen-bond donors (Lipinski definition) is 2. The summed E-state index contributed by atoms with van der Waals surface area (Å²) in [5.74, 6) is -1.76. The van der Waals surface area contributed by atoms with Crippen molar-refractivity contribution >= 4 is 45.9 Å². The largest absolute Gasteiger partial charge is 0.416 e. The van der Waals surface area contributed by atoms with Crippen LogP contribution in [0.25, 0.3) is 22.0 Å². The van der Waals surface area contributed by atoms with Gasteiger partial charge in [0, 0.05) is 43.8 Å². The zero-order chi connectivity index (χ0) is 37.0. The van der Waals surface area contributed by atoms with Crippen molar-refractivity contribution in [2.75, 3.05) is 18.9 Å². The average Bonchev–Trinajstić information content (AvgIpc) is 3.40. The lowest BCUT2D eigenvalue weighted by Crippen LogP contribution is -2.38. The Kier molecular flexibility index (Phi) is 10.5. The molecule has 52 heavy (non-hydrogen) atoms. The van der Waals surface area contributed by atoms with Gasteiger partial charge in [-0.2, -0.15) is 13.2 Å². The molecule has 264 valence electrons. The van der Waals surface area contributed by atoms with E-state index < -0.39 is 29.5 Å². The van der Waals surface area contributed by atoms with Crippen molar-refractivity contribution in [2.24, 2.45) is 7.05 Å². The molecule has 3 amide bonds. The fourth-order valence-electron chi connectivity index (χ4n) is 6.21. The quantitative estimate of drug-likeness (QED) is 0.148. The number of likely N-dealkylation sites (N-methyl/N-ethyl adjacent to an activating group) is 1. The first-order valence-electron chi connectivity index (χ1n) is 16.4. The number of anilines is 1. The number of aryl methyl sites for hydroxylation is 1. The van der Waals surface area contributed by atoms with E-state index in [0.717, 1.165) is 23.3 Å². The molecule has 1 atom stereocenters. The average molecular weight is 723 g/mol. The van der Waals surface area contributed by atoms with Crippen LogP contribution in [-0.2, 0) is 24.6 Å². The molecule has 0 aliphatic carbocycles. The molecule has 0 aliphatic rings. The van der Waals surface area contributed by atoms with Crippen LogP contribution in [0, 0.1) is 0 Å². The van der Waals surface area contributed by atoms with E-state index in [4.69, 9.17) is 11.6 Å². The van der Waals surface area contributed by atoms with Crippen LogP contribution in [0.15, 0.2) is 127 Å². The lowest BCUT2D eigenvalue weighted by molar-refractivity contribution is -0.137. The van der Waals surface area contributed by atoms with Crippen molar-refractivity contribution in [2.45, 2.75) is 18.6 Å². The second-order valence-corrected chi connectivity index (χ2v) is 12.8. The highest BCUT2D eigenvalue weighted by Crippen LogP contribution is 2.34. The van der Waals surface area contributed by atoms with Crippen molar-refractivity contribution in [1.29, 1.82) is 0 Å². The second kappa shape index (κ2) is 15.2. The molecular weight excluding hydrogens is 689 g/mol. The first-order valence-corrected chi connectivity index (χ1v) is 16.8. The van der Waals surface area contributed by atoms with E-state index in [9.17, 15) is 27.6 Å². The summed E-state index contributed by atoms with van der Waals surface area (Å²) in [7, 11) is 3.44. The van der Waals surface area contributed by atoms with Gasteiger partial charge in [-0.3, -0.25) is 14.4 Å². The summed E-state index contributed by atoms with van der Waals surface area (Å²) in [5, 5.41) is 6.45. The minimum Gasteiger partial charge on any atom is -0.350 e. The molecule has 6 aromatic rings. The molecule has 0 saturated carbocycles. The number of hydrogen-bond acceptors (Lipinski definition) is 3. The number of fused-ring (bicyclic) bond motifs is 1. The number of nitrogens with zero attached hydrogens (tertiary/aromatic N) is 2. The van der Waals surface area contributed by atoms with Crippen LogP contribution < -0.4 is 10.6 Å². The van der Waals surface area contributed by atoms with Gasteiger partial charge in [-0.25, -0.2) is 0 Å². The molecule has 0 fully saturated rings. The van der Waals surface area contributed by atoms with Gasteiger partial charge in [-0.1, -0.05) is 103 Å². The molecule has 11 heteroatoms. The maximum Gasteiger partial charge on any atom is 0.416 e. The summed E-state index contributed by atoms with van der Waals surface area (Å²) in [6.45, 7) is 0.434. The zero-order valence-electron chi connectivity index (χ0n) is 28.2. The Hall–Kier alpha value is -5.87. The van der Waals surface area contributed by atoms with Crippen LogP contribution >= 0.6 is 11.6 Å². The number of nitrogens with one attached hydrogen (secondary N) is 2. The molecule has 2 N–H and O–H groups in total. The summed E-state index contributed by atoms with van der Waals surface area (Å²) in [4.78, 5) is 42.5. The Bertz CT molecular complexity index is 2240. The van der Waals surface area contributed by atoms with Gasteiger partial charge < -0.3 is 20.1 Å². The molecule has 1 heterocycles. The highest BCUT2D eigenvalue weighted by Gasteiger charge is 2.30. The lowest BCUT2D eigenvalue weighted by Gasteiger charge is -2.25. The molecule has 1 unspecified atom stereocenters. The van der Waals surface area contributed by atoms with Gasteiger partial charge in [-0.05, 0) is 58.7 Å². The highest BCUT2D eigenvalue weighted by molar-refractivity contribution is 6.39. The first kappa shape index (κ1) is 35.9. The van der Waals surface area contributed by atoms with E-state index in [1.165, 1.54) is 12.1 Å². The fraction of sp³-hybridized carbons (Fsp3) is 0.146. The SMILES string of the molecule is CN(Cc1ccccc1)C(=O)C(CNC(=O)c1c(Cl)c2cc(NC(=O)c3ccccc3-c3ccc(C(F)(F)F)cc3)ccc2n1C)c1ccccc1. The minimum atomic E-state index is -4.48. The Morgan fingerprint density at radius 2 is 1.44 bits per heavy atom. The summed E-state index contributed by atoms with van der Waals surface area (Å²) in [6, 6.07) is 35.2. The van der Waals surface area contributed by atoms with E-state index in [1.54, 1.807) is 66.0 Å². The van der Waals surface area contributed by atoms with E-state index in [2.05, 4.69) is 10.6 Å². The highest BCUT2D eigenvalue weighted by atomic mass is 35.5. The van der Waals surface area contributed by atoms with Crippen molar-refractivity contribution in [3.05, 3.63) is 160 Å². The fourth-order valence-corrected chi connectivity index (χ4v) is 6.58. The predicted octanol–water partition coefficient (Wildman–Crippen LogP) is 8.94. The Morgan fingerprint density at radius 1 is 0.808 bits per heavy atom. The molecule has 1 aromatic heterocycles. The third-order valence-electron chi connectivity index (χ3n) is 8.91. The number of benzene rings is 5. The summed E-state index contributed by atoms with van der Waals surface area (Å²) < 4.78 is 41.0. The van der Waals surface area contributed by atoms with Crippen molar-refractivity contribution in [1.82, 2.24) is 14.8 Å². The van der Waals surface area contributed by atoms with Gasteiger partial charge in [0.05, 0.1) is 22.0 Å². The summed E-state index contributed by atoms with van der Waals surface area (Å²) in [6.07, 6.45) is -4.48. The number of carbonyl (C=O) groups is 3. The van der Waals surface area contributed by atoms with E-state index in [-0.39, 0.29) is 28.7 Å². The Morgan fingerprint density at radius 3 is 2.12 bits per heavy atom. The van der Waals surface area contributed by atoms with Crippen LogP contribution in [0.5, 0.6) is 0 Å². The van der Waals surface area contributed by atoms with Crippen molar-refractivity contribution < 1.29 is 27.6 Å². The molecular formula is C41H34ClF3N4O3. The van der Waals surface area contributed by atoms with Gasteiger partial charge in [0.1, 0.15) is 5.69 Å². The molecule has 0 spiro atoms. The van der Waals surface area contributed by atoms with Crippen LogP contribution in [0.4, 0.5) is 18.9 Å². The molecule has 0 radical (unpaired) electrons. The summed E-state index contributed by atoms with van der Waals surface area (Å²) in [5.41, 5.74) is 3.36. The molecule has 0 aliphatic heterocycles.